The molecule has 0 aromatic carbocycles. The number of pyridine rings is 1. The predicted molar refractivity (Wildman–Crippen MR) is 70.8 cm³/mol. The lowest BCUT2D eigenvalue weighted by Crippen LogP contribution is -2.33. The van der Waals surface area contributed by atoms with Crippen LogP contribution >= 0.6 is 11.9 Å². The molecule has 104 valence electrons. The minimum atomic E-state index is -0.986. The number of nitro groups is 1. The highest BCUT2D eigenvalue weighted by Gasteiger charge is 2.21. The molecule has 1 aromatic rings. The van der Waals surface area contributed by atoms with E-state index in [4.69, 9.17) is 5.11 Å². The minimum absolute atomic E-state index is 0.145. The van der Waals surface area contributed by atoms with Gasteiger partial charge in [-0.05, 0) is 30.4 Å². The summed E-state index contributed by atoms with van der Waals surface area (Å²) in [6.45, 7) is 3.82. The van der Waals surface area contributed by atoms with Crippen molar-refractivity contribution in [1.82, 2.24) is 9.71 Å². The summed E-state index contributed by atoms with van der Waals surface area (Å²) < 4.78 is 2.71. The van der Waals surface area contributed by atoms with Crippen LogP contribution in [0.5, 0.6) is 0 Å². The molecule has 0 aliphatic heterocycles. The normalized spacial score (nSPS) is 12.4. The third-order valence-electron chi connectivity index (χ3n) is 2.25. The Morgan fingerprint density at radius 2 is 2.32 bits per heavy atom. The molecular formula is C11H15N3O4S. The van der Waals surface area contributed by atoms with Crippen molar-refractivity contribution in [2.45, 2.75) is 31.3 Å². The average Bonchev–Trinajstić information content (AvgIpc) is 2.34. The fourth-order valence-electron chi connectivity index (χ4n) is 1.40. The Bertz CT molecular complexity index is 467. The van der Waals surface area contributed by atoms with Crippen molar-refractivity contribution < 1.29 is 14.8 Å². The third kappa shape index (κ3) is 4.84. The standard InChI is InChI=1S/C11H15N3O4S/c1-7(2)6-8(11(15)16)13-19-10-9(14(17)18)4-3-5-12-10/h3-5,7-8,13H,6H2,1-2H3,(H,15,16)/t8-/m0/s1. The maximum absolute atomic E-state index is 11.0. The Balaban J connectivity index is 2.74. The van der Waals surface area contributed by atoms with Gasteiger partial charge in [0.25, 0.3) is 0 Å². The zero-order valence-electron chi connectivity index (χ0n) is 10.6. The lowest BCUT2D eigenvalue weighted by Gasteiger charge is -2.15. The maximum atomic E-state index is 11.0. The van der Waals surface area contributed by atoms with Gasteiger partial charge in [-0.25, -0.2) is 9.71 Å². The van der Waals surface area contributed by atoms with Gasteiger partial charge in [-0.2, -0.15) is 0 Å². The van der Waals surface area contributed by atoms with Crippen molar-refractivity contribution in [3.8, 4) is 0 Å². The second-order valence-electron chi connectivity index (χ2n) is 4.33. The van der Waals surface area contributed by atoms with Crippen LogP contribution in [0.25, 0.3) is 0 Å². The number of carboxylic acid groups (broad SMARTS) is 1. The zero-order valence-corrected chi connectivity index (χ0v) is 11.4. The Kier molecular flexibility index (Phi) is 5.71. The first-order chi connectivity index (χ1) is 8.91. The fourth-order valence-corrected chi connectivity index (χ4v) is 2.21. The Morgan fingerprint density at radius 3 is 2.84 bits per heavy atom. The van der Waals surface area contributed by atoms with Gasteiger partial charge in [-0.15, -0.1) is 0 Å². The molecule has 0 aliphatic carbocycles. The van der Waals surface area contributed by atoms with Gasteiger partial charge in [-0.3, -0.25) is 14.9 Å². The summed E-state index contributed by atoms with van der Waals surface area (Å²) in [4.78, 5) is 25.2. The lowest BCUT2D eigenvalue weighted by atomic mass is 10.1. The fraction of sp³-hybridized carbons (Fsp3) is 0.455. The third-order valence-corrected chi connectivity index (χ3v) is 3.16. The highest BCUT2D eigenvalue weighted by atomic mass is 32.2. The molecule has 2 N–H and O–H groups in total. The van der Waals surface area contributed by atoms with E-state index in [0.717, 1.165) is 11.9 Å². The number of carbonyl (C=O) groups is 1. The molecular weight excluding hydrogens is 270 g/mol. The Labute approximate surface area is 114 Å². The molecule has 8 heteroatoms. The molecule has 0 radical (unpaired) electrons. The molecule has 0 saturated carbocycles. The van der Waals surface area contributed by atoms with E-state index in [1.165, 1.54) is 18.3 Å². The van der Waals surface area contributed by atoms with E-state index < -0.39 is 16.9 Å². The molecule has 1 atom stereocenters. The first kappa shape index (κ1) is 15.4. The van der Waals surface area contributed by atoms with Crippen LogP contribution in [-0.2, 0) is 4.79 Å². The number of nitrogens with zero attached hydrogens (tertiary/aromatic N) is 2. The van der Waals surface area contributed by atoms with E-state index in [1.807, 2.05) is 13.8 Å². The maximum Gasteiger partial charge on any atom is 0.321 e. The number of nitrogens with one attached hydrogen (secondary N) is 1. The Hall–Kier alpha value is -1.67. The van der Waals surface area contributed by atoms with Crippen molar-refractivity contribution in [3.63, 3.8) is 0 Å². The van der Waals surface area contributed by atoms with Gasteiger partial charge in [0, 0.05) is 12.3 Å². The van der Waals surface area contributed by atoms with Crippen LogP contribution in [0.3, 0.4) is 0 Å². The van der Waals surface area contributed by atoms with Gasteiger partial charge in [0.2, 0.25) is 0 Å². The molecule has 19 heavy (non-hydrogen) atoms. The summed E-state index contributed by atoms with van der Waals surface area (Å²) in [6, 6.07) is 2.02. The largest absolute Gasteiger partial charge is 0.480 e. The van der Waals surface area contributed by atoms with E-state index in [-0.39, 0.29) is 16.6 Å². The monoisotopic (exact) mass is 285 g/mol. The Morgan fingerprint density at radius 1 is 1.63 bits per heavy atom. The zero-order chi connectivity index (χ0) is 14.4. The second kappa shape index (κ2) is 7.05. The first-order valence-corrected chi connectivity index (χ1v) is 6.48. The molecule has 1 rings (SSSR count). The molecule has 1 heterocycles. The topological polar surface area (TPSA) is 105 Å². The molecule has 0 bridgehead atoms. The molecule has 0 unspecified atom stereocenters. The summed E-state index contributed by atoms with van der Waals surface area (Å²) in [5.74, 6) is -0.785. The van der Waals surface area contributed by atoms with E-state index in [9.17, 15) is 14.9 Å². The lowest BCUT2D eigenvalue weighted by molar-refractivity contribution is -0.388. The van der Waals surface area contributed by atoms with Gasteiger partial charge < -0.3 is 5.11 Å². The van der Waals surface area contributed by atoms with Crippen LogP contribution in [0.1, 0.15) is 20.3 Å². The summed E-state index contributed by atoms with van der Waals surface area (Å²) in [5.41, 5.74) is -0.145. The number of hydrogen-bond donors (Lipinski definition) is 2. The second-order valence-corrected chi connectivity index (χ2v) is 5.15. The minimum Gasteiger partial charge on any atom is -0.480 e. The van der Waals surface area contributed by atoms with Gasteiger partial charge in [-0.1, -0.05) is 13.8 Å². The number of rotatable bonds is 7. The van der Waals surface area contributed by atoms with Crippen LogP contribution < -0.4 is 4.72 Å². The highest BCUT2D eigenvalue weighted by molar-refractivity contribution is 7.97. The number of hydrogen-bond acceptors (Lipinski definition) is 6. The summed E-state index contributed by atoms with van der Waals surface area (Å²) in [5, 5.41) is 20.0. The van der Waals surface area contributed by atoms with Crippen molar-refractivity contribution in [2.24, 2.45) is 5.92 Å². The van der Waals surface area contributed by atoms with Gasteiger partial charge >= 0.3 is 11.7 Å². The van der Waals surface area contributed by atoms with E-state index in [0.29, 0.717) is 6.42 Å². The van der Waals surface area contributed by atoms with E-state index in [2.05, 4.69) is 9.71 Å². The predicted octanol–water partition coefficient (Wildman–Crippen LogP) is 2.09. The van der Waals surface area contributed by atoms with Crippen LogP contribution in [0.15, 0.2) is 23.4 Å². The van der Waals surface area contributed by atoms with Gasteiger partial charge in [0.15, 0.2) is 5.03 Å². The van der Waals surface area contributed by atoms with Crippen LogP contribution in [0, 0.1) is 16.0 Å². The summed E-state index contributed by atoms with van der Waals surface area (Å²) in [7, 11) is 0. The SMILES string of the molecule is CC(C)C[C@H](NSc1ncccc1[N+](=O)[O-])C(=O)O. The van der Waals surface area contributed by atoms with Crippen molar-refractivity contribution in [1.29, 1.82) is 0 Å². The molecule has 0 fully saturated rings. The van der Waals surface area contributed by atoms with Gasteiger partial charge in [0.05, 0.1) is 4.92 Å². The summed E-state index contributed by atoms with van der Waals surface area (Å²) in [6.07, 6.45) is 1.86. The van der Waals surface area contributed by atoms with Crippen molar-refractivity contribution in [2.75, 3.05) is 0 Å². The highest BCUT2D eigenvalue weighted by Crippen LogP contribution is 2.25. The first-order valence-electron chi connectivity index (χ1n) is 5.66. The molecule has 7 nitrogen and oxygen atoms in total. The quantitative estimate of drug-likeness (QED) is 0.449. The smallest absolute Gasteiger partial charge is 0.321 e. The van der Waals surface area contributed by atoms with Crippen molar-refractivity contribution >= 4 is 23.6 Å². The van der Waals surface area contributed by atoms with Crippen LogP contribution in [0.2, 0.25) is 0 Å². The molecule has 0 aliphatic rings. The number of aromatic nitrogens is 1. The van der Waals surface area contributed by atoms with E-state index >= 15 is 0 Å². The average molecular weight is 285 g/mol. The van der Waals surface area contributed by atoms with E-state index in [1.54, 1.807) is 0 Å². The van der Waals surface area contributed by atoms with Crippen LogP contribution in [0.4, 0.5) is 5.69 Å². The van der Waals surface area contributed by atoms with Crippen LogP contribution in [-0.4, -0.2) is 27.0 Å². The summed E-state index contributed by atoms with van der Waals surface area (Å²) >= 11 is 0.870. The van der Waals surface area contributed by atoms with Gasteiger partial charge in [0.1, 0.15) is 6.04 Å². The van der Waals surface area contributed by atoms with Crippen molar-refractivity contribution in [3.05, 3.63) is 28.4 Å². The molecule has 1 aromatic heterocycles. The number of carboxylic acids is 1. The molecule has 0 amide bonds. The molecule has 0 saturated heterocycles. The molecule has 0 spiro atoms. The number of aliphatic carboxylic acids is 1.